The summed E-state index contributed by atoms with van der Waals surface area (Å²) in [5.74, 6) is -0.264. The van der Waals surface area contributed by atoms with Gasteiger partial charge in [0.15, 0.2) is 5.52 Å². The third-order valence-electron chi connectivity index (χ3n) is 6.06. The highest BCUT2D eigenvalue weighted by Crippen LogP contribution is 2.25. The van der Waals surface area contributed by atoms with Crippen molar-refractivity contribution in [1.29, 1.82) is 0 Å². The van der Waals surface area contributed by atoms with Crippen LogP contribution in [0.15, 0.2) is 47.3 Å². The summed E-state index contributed by atoms with van der Waals surface area (Å²) in [7, 11) is 0. The minimum atomic E-state index is -0.747. The van der Waals surface area contributed by atoms with E-state index in [1.165, 1.54) is 4.68 Å². The fourth-order valence-corrected chi connectivity index (χ4v) is 4.54. The van der Waals surface area contributed by atoms with E-state index < -0.39 is 6.04 Å². The normalized spacial score (nSPS) is 12.2. The van der Waals surface area contributed by atoms with Gasteiger partial charge in [0.25, 0.3) is 5.56 Å². The Morgan fingerprint density at radius 2 is 1.64 bits per heavy atom. The Kier molecular flexibility index (Phi) is 5.89. The molecule has 0 spiro atoms. The number of nitrogens with one attached hydrogen (secondary N) is 1. The summed E-state index contributed by atoms with van der Waals surface area (Å²) < 4.78 is 3.04. The van der Waals surface area contributed by atoms with Crippen molar-refractivity contribution < 1.29 is 4.79 Å². The molecule has 0 fully saturated rings. The predicted molar refractivity (Wildman–Crippen MR) is 131 cm³/mol. The molecule has 2 aromatic heterocycles. The fourth-order valence-electron chi connectivity index (χ4n) is 4.54. The molecule has 33 heavy (non-hydrogen) atoms. The Morgan fingerprint density at radius 1 is 1.00 bits per heavy atom. The molecular weight excluding hydrogens is 414 g/mol. The van der Waals surface area contributed by atoms with E-state index in [1.807, 2.05) is 84.0 Å². The molecule has 0 aliphatic rings. The van der Waals surface area contributed by atoms with E-state index in [0.29, 0.717) is 17.6 Å². The lowest BCUT2D eigenvalue weighted by Crippen LogP contribution is -2.35. The first kappa shape index (κ1) is 22.5. The number of aryl methyl sites for hydroxylation is 5. The molecule has 1 atom stereocenters. The van der Waals surface area contributed by atoms with Gasteiger partial charge in [0.2, 0.25) is 5.91 Å². The number of fused-ring (bicyclic) bond motifs is 1. The number of carbonyl (C=O) groups is 1. The van der Waals surface area contributed by atoms with Gasteiger partial charge in [0.1, 0.15) is 6.04 Å². The number of benzene rings is 2. The highest BCUT2D eigenvalue weighted by molar-refractivity contribution is 5.95. The maximum atomic E-state index is 13.5. The van der Waals surface area contributed by atoms with E-state index in [0.717, 1.165) is 39.1 Å². The predicted octanol–water partition coefficient (Wildman–Crippen LogP) is 4.71. The summed E-state index contributed by atoms with van der Waals surface area (Å²) >= 11 is 0. The first-order valence-corrected chi connectivity index (χ1v) is 11.2. The summed E-state index contributed by atoms with van der Waals surface area (Å²) in [6.07, 6.45) is 0.423. The van der Waals surface area contributed by atoms with Crippen LogP contribution in [0.2, 0.25) is 0 Å². The van der Waals surface area contributed by atoms with Gasteiger partial charge in [-0.1, -0.05) is 42.8 Å². The molecule has 1 unspecified atom stereocenters. The first-order chi connectivity index (χ1) is 15.7. The van der Waals surface area contributed by atoms with Crippen LogP contribution in [-0.4, -0.2) is 25.5 Å². The third kappa shape index (κ3) is 3.95. The van der Waals surface area contributed by atoms with Crippen LogP contribution < -0.4 is 10.9 Å². The van der Waals surface area contributed by atoms with Crippen molar-refractivity contribution in [3.8, 4) is 5.69 Å². The van der Waals surface area contributed by atoms with Crippen LogP contribution in [0.25, 0.3) is 16.6 Å². The van der Waals surface area contributed by atoms with Gasteiger partial charge in [-0.25, -0.2) is 9.36 Å². The van der Waals surface area contributed by atoms with Crippen molar-refractivity contribution in [3.05, 3.63) is 80.9 Å². The smallest absolute Gasteiger partial charge is 0.295 e. The summed E-state index contributed by atoms with van der Waals surface area (Å²) in [6.45, 7) is 11.6. The van der Waals surface area contributed by atoms with Gasteiger partial charge in [-0.05, 0) is 64.3 Å². The quantitative estimate of drug-likeness (QED) is 0.484. The molecule has 2 aromatic carbocycles. The standard InChI is InChI=1S/C26H29N5O2/c1-7-21(25(32)27-23-16(3)13-15(2)14-17(23)4)31-26(33)24-22(18(5)28-31)19(6)30(29-24)20-11-9-8-10-12-20/h8-14,21H,7H2,1-6H3,(H,27,32). The van der Waals surface area contributed by atoms with Crippen LogP contribution in [0.3, 0.4) is 0 Å². The lowest BCUT2D eigenvalue weighted by Gasteiger charge is -2.19. The van der Waals surface area contributed by atoms with Gasteiger partial charge in [-0.3, -0.25) is 9.59 Å². The number of amides is 1. The van der Waals surface area contributed by atoms with E-state index in [-0.39, 0.29) is 11.5 Å². The van der Waals surface area contributed by atoms with Crippen molar-refractivity contribution in [2.75, 3.05) is 5.32 Å². The van der Waals surface area contributed by atoms with Crippen LogP contribution in [-0.2, 0) is 4.79 Å². The molecule has 4 rings (SSSR count). The van der Waals surface area contributed by atoms with Gasteiger partial charge in [0.05, 0.1) is 22.5 Å². The van der Waals surface area contributed by atoms with Crippen LogP contribution in [0.4, 0.5) is 5.69 Å². The Bertz CT molecular complexity index is 1390. The number of anilines is 1. The molecule has 7 nitrogen and oxygen atoms in total. The van der Waals surface area contributed by atoms with Crippen LogP contribution >= 0.6 is 0 Å². The van der Waals surface area contributed by atoms with Crippen LogP contribution in [0.5, 0.6) is 0 Å². The average molecular weight is 444 g/mol. The monoisotopic (exact) mass is 443 g/mol. The minimum absolute atomic E-state index is 0.264. The molecule has 4 aromatic rings. The number of hydrogen-bond acceptors (Lipinski definition) is 4. The second-order valence-electron chi connectivity index (χ2n) is 8.58. The number of para-hydroxylation sites is 1. The number of hydrogen-bond donors (Lipinski definition) is 1. The molecule has 7 heteroatoms. The molecule has 170 valence electrons. The molecule has 0 bridgehead atoms. The van der Waals surface area contributed by atoms with Gasteiger partial charge < -0.3 is 5.32 Å². The Labute approximate surface area is 193 Å². The van der Waals surface area contributed by atoms with Crippen molar-refractivity contribution in [2.24, 2.45) is 0 Å². The lowest BCUT2D eigenvalue weighted by atomic mass is 10.0. The number of nitrogens with zero attached hydrogens (tertiary/aromatic N) is 4. The van der Waals surface area contributed by atoms with Crippen LogP contribution in [0.1, 0.15) is 47.5 Å². The molecule has 0 aliphatic heterocycles. The summed E-state index contributed by atoms with van der Waals surface area (Å²) in [5.41, 5.74) is 6.21. The zero-order valence-electron chi connectivity index (χ0n) is 19.9. The number of aromatic nitrogens is 4. The summed E-state index contributed by atoms with van der Waals surface area (Å²) in [6, 6.07) is 13.0. The second kappa shape index (κ2) is 8.65. The van der Waals surface area contributed by atoms with Gasteiger partial charge in [-0.15, -0.1) is 0 Å². The topological polar surface area (TPSA) is 81.8 Å². The zero-order valence-corrected chi connectivity index (χ0v) is 19.9. The average Bonchev–Trinajstić information content (AvgIpc) is 3.13. The zero-order chi connectivity index (χ0) is 23.9. The maximum absolute atomic E-state index is 13.5. The highest BCUT2D eigenvalue weighted by Gasteiger charge is 2.26. The molecule has 2 heterocycles. The molecule has 0 saturated carbocycles. The Hall–Kier alpha value is -3.74. The molecule has 1 N–H and O–H groups in total. The van der Waals surface area contributed by atoms with Gasteiger partial charge in [0, 0.05) is 5.69 Å². The maximum Gasteiger partial charge on any atom is 0.295 e. The van der Waals surface area contributed by atoms with Crippen molar-refractivity contribution in [3.63, 3.8) is 0 Å². The van der Waals surface area contributed by atoms with Crippen molar-refractivity contribution in [2.45, 2.75) is 54.0 Å². The Morgan fingerprint density at radius 3 is 2.24 bits per heavy atom. The van der Waals surface area contributed by atoms with Crippen molar-refractivity contribution >= 4 is 22.5 Å². The molecule has 0 aliphatic carbocycles. The summed E-state index contributed by atoms with van der Waals surface area (Å²) in [4.78, 5) is 26.7. The van der Waals surface area contributed by atoms with Crippen molar-refractivity contribution in [1.82, 2.24) is 19.6 Å². The lowest BCUT2D eigenvalue weighted by molar-refractivity contribution is -0.119. The number of rotatable bonds is 5. The van der Waals surface area contributed by atoms with Gasteiger partial charge in [-0.2, -0.15) is 10.2 Å². The first-order valence-electron chi connectivity index (χ1n) is 11.2. The largest absolute Gasteiger partial charge is 0.324 e. The Balaban J connectivity index is 1.79. The SMILES string of the molecule is CCC(C(=O)Nc1c(C)cc(C)cc1C)n1nc(C)c2c(C)n(-c3ccccc3)nc2c1=O. The number of carbonyl (C=O) groups excluding carboxylic acids is 1. The van der Waals surface area contributed by atoms with Crippen LogP contribution in [0, 0.1) is 34.6 Å². The molecule has 0 radical (unpaired) electrons. The van der Waals surface area contributed by atoms with E-state index in [4.69, 9.17) is 0 Å². The van der Waals surface area contributed by atoms with E-state index in [1.54, 1.807) is 4.68 Å². The van der Waals surface area contributed by atoms with Gasteiger partial charge >= 0.3 is 0 Å². The van der Waals surface area contributed by atoms with E-state index >= 15 is 0 Å². The highest BCUT2D eigenvalue weighted by atomic mass is 16.2. The minimum Gasteiger partial charge on any atom is -0.324 e. The third-order valence-corrected chi connectivity index (χ3v) is 6.06. The second-order valence-corrected chi connectivity index (χ2v) is 8.58. The molecular formula is C26H29N5O2. The van der Waals surface area contributed by atoms with E-state index in [9.17, 15) is 9.59 Å². The fraction of sp³-hybridized carbons (Fsp3) is 0.308. The van der Waals surface area contributed by atoms with E-state index in [2.05, 4.69) is 15.5 Å². The summed E-state index contributed by atoms with van der Waals surface area (Å²) in [5, 5.41) is 12.9. The molecule has 0 saturated heterocycles. The molecule has 1 amide bonds.